The topological polar surface area (TPSA) is 104 Å². The van der Waals surface area contributed by atoms with E-state index < -0.39 is 17.3 Å². The largest absolute Gasteiger partial charge is 0.491 e. The molecule has 0 radical (unpaired) electrons. The zero-order valence-electron chi connectivity index (χ0n) is 18.9. The van der Waals surface area contributed by atoms with Gasteiger partial charge in [-0.1, -0.05) is 45.0 Å². The number of rotatable bonds is 3. The summed E-state index contributed by atoms with van der Waals surface area (Å²) in [7, 11) is 0. The maximum absolute atomic E-state index is 10.3. The van der Waals surface area contributed by atoms with Gasteiger partial charge in [-0.25, -0.2) is 0 Å². The Morgan fingerprint density at radius 2 is 1.77 bits per heavy atom. The molecule has 3 rings (SSSR count). The SMILES string of the molecule is CC(C)Oc1ccccc1[C@H]1[C@@H]2C[C@H](C(C)(C)C)CC=C2[C@H](C#N)C(=N)C1(C#N)C#N. The number of benzene rings is 1. The highest BCUT2D eigenvalue weighted by atomic mass is 16.5. The predicted molar refractivity (Wildman–Crippen MR) is 119 cm³/mol. The zero-order chi connectivity index (χ0) is 23.0. The smallest absolute Gasteiger partial charge is 0.189 e. The highest BCUT2D eigenvalue weighted by Crippen LogP contribution is 2.58. The van der Waals surface area contributed by atoms with Gasteiger partial charge in [-0.05, 0) is 55.6 Å². The van der Waals surface area contributed by atoms with Crippen LogP contribution in [0.2, 0.25) is 0 Å². The first-order chi connectivity index (χ1) is 14.6. The van der Waals surface area contributed by atoms with Crippen molar-refractivity contribution >= 4 is 5.71 Å². The van der Waals surface area contributed by atoms with E-state index in [9.17, 15) is 15.8 Å². The fourth-order valence-electron chi connectivity index (χ4n) is 5.17. The Morgan fingerprint density at radius 3 is 2.32 bits per heavy atom. The van der Waals surface area contributed by atoms with Crippen molar-refractivity contribution in [3.8, 4) is 24.0 Å². The van der Waals surface area contributed by atoms with E-state index in [1.165, 1.54) is 0 Å². The van der Waals surface area contributed by atoms with Crippen molar-refractivity contribution in [3.05, 3.63) is 41.5 Å². The van der Waals surface area contributed by atoms with Gasteiger partial charge < -0.3 is 10.1 Å². The minimum absolute atomic E-state index is 0.0512. The summed E-state index contributed by atoms with van der Waals surface area (Å²) in [5, 5.41) is 39.2. The number of allylic oxidation sites excluding steroid dienone is 2. The molecule has 31 heavy (non-hydrogen) atoms. The minimum Gasteiger partial charge on any atom is -0.491 e. The lowest BCUT2D eigenvalue weighted by atomic mass is 9.51. The quantitative estimate of drug-likeness (QED) is 0.634. The number of nitrogens with one attached hydrogen (secondary N) is 1. The fraction of sp³-hybridized carbons (Fsp3) is 0.538. The van der Waals surface area contributed by atoms with E-state index in [1.807, 2.05) is 38.1 Å². The highest BCUT2D eigenvalue weighted by Gasteiger charge is 2.58. The molecule has 2 aliphatic carbocycles. The summed E-state index contributed by atoms with van der Waals surface area (Å²) in [5.74, 6) is -0.583. The number of para-hydroxylation sites is 1. The molecular weight excluding hydrogens is 384 g/mol. The van der Waals surface area contributed by atoms with Crippen LogP contribution in [0.15, 0.2) is 35.9 Å². The van der Waals surface area contributed by atoms with Gasteiger partial charge in [0.15, 0.2) is 5.41 Å². The summed E-state index contributed by atoms with van der Waals surface area (Å²) in [6.45, 7) is 10.5. The van der Waals surface area contributed by atoms with Crippen LogP contribution in [-0.2, 0) is 0 Å². The van der Waals surface area contributed by atoms with Crippen molar-refractivity contribution in [3.63, 3.8) is 0 Å². The lowest BCUT2D eigenvalue weighted by molar-refractivity contribution is 0.165. The summed E-state index contributed by atoms with van der Waals surface area (Å²) in [4.78, 5) is 0. The molecule has 4 atom stereocenters. The van der Waals surface area contributed by atoms with Crippen molar-refractivity contribution in [2.24, 2.45) is 28.6 Å². The van der Waals surface area contributed by atoms with Crippen LogP contribution in [0.3, 0.4) is 0 Å². The fourth-order valence-corrected chi connectivity index (χ4v) is 5.17. The Bertz CT molecular complexity index is 1010. The second-order valence-corrected chi connectivity index (χ2v) is 10.0. The van der Waals surface area contributed by atoms with E-state index in [0.717, 1.165) is 24.0 Å². The second kappa shape index (κ2) is 8.20. The molecule has 1 N–H and O–H groups in total. The second-order valence-electron chi connectivity index (χ2n) is 10.0. The Hall–Kier alpha value is -3.10. The van der Waals surface area contributed by atoms with Crippen molar-refractivity contribution in [2.75, 3.05) is 0 Å². The van der Waals surface area contributed by atoms with Crippen molar-refractivity contribution in [1.82, 2.24) is 0 Å². The van der Waals surface area contributed by atoms with Gasteiger partial charge in [-0.3, -0.25) is 0 Å². The monoisotopic (exact) mass is 414 g/mol. The van der Waals surface area contributed by atoms with E-state index in [1.54, 1.807) is 0 Å². The summed E-state index contributed by atoms with van der Waals surface area (Å²) < 4.78 is 6.07. The van der Waals surface area contributed by atoms with Crippen LogP contribution in [0.5, 0.6) is 5.75 Å². The van der Waals surface area contributed by atoms with E-state index in [0.29, 0.717) is 11.7 Å². The molecule has 0 unspecified atom stereocenters. The molecule has 0 spiro atoms. The average molecular weight is 415 g/mol. The molecule has 0 bridgehead atoms. The molecule has 1 aromatic rings. The van der Waals surface area contributed by atoms with Crippen LogP contribution in [0, 0.1) is 68.0 Å². The van der Waals surface area contributed by atoms with Gasteiger partial charge in [0.05, 0.1) is 30.0 Å². The van der Waals surface area contributed by atoms with Crippen LogP contribution < -0.4 is 4.74 Å². The van der Waals surface area contributed by atoms with E-state index >= 15 is 0 Å². The van der Waals surface area contributed by atoms with Gasteiger partial charge in [0.25, 0.3) is 0 Å². The standard InChI is InChI=1S/C26H30N4O/c1-16(2)31-22-9-7-6-8-19(22)23-20-12-17(25(3,4)5)10-11-18(20)21(13-27)24(30)26(23,14-28)15-29/h6-9,11,16-17,20-21,23,30H,10,12H2,1-5H3/t17-,20-,21+,23+/m1/s1. The first-order valence-corrected chi connectivity index (χ1v) is 10.9. The lowest BCUT2D eigenvalue weighted by Gasteiger charge is -2.49. The molecule has 0 aromatic heterocycles. The lowest BCUT2D eigenvalue weighted by Crippen LogP contribution is -2.50. The molecule has 0 heterocycles. The van der Waals surface area contributed by atoms with Gasteiger partial charge >= 0.3 is 0 Å². The van der Waals surface area contributed by atoms with E-state index in [4.69, 9.17) is 10.1 Å². The summed E-state index contributed by atoms with van der Waals surface area (Å²) in [6, 6.07) is 14.1. The summed E-state index contributed by atoms with van der Waals surface area (Å²) in [5.41, 5.74) is -0.112. The van der Waals surface area contributed by atoms with Gasteiger partial charge in [0.2, 0.25) is 0 Å². The van der Waals surface area contributed by atoms with Gasteiger partial charge in [0, 0.05) is 11.5 Å². The average Bonchev–Trinajstić information content (AvgIpc) is 2.72. The van der Waals surface area contributed by atoms with Gasteiger partial charge in [0.1, 0.15) is 11.7 Å². The van der Waals surface area contributed by atoms with Crippen molar-refractivity contribution in [1.29, 1.82) is 21.2 Å². The van der Waals surface area contributed by atoms with E-state index in [2.05, 4.69) is 45.1 Å². The maximum atomic E-state index is 10.3. The van der Waals surface area contributed by atoms with Crippen LogP contribution in [0.25, 0.3) is 0 Å². The first kappa shape index (κ1) is 22.6. The third-order valence-corrected chi connectivity index (χ3v) is 6.84. The van der Waals surface area contributed by atoms with Crippen molar-refractivity contribution in [2.45, 2.75) is 59.5 Å². The number of hydrogen-bond donors (Lipinski definition) is 1. The molecule has 5 heteroatoms. The Balaban J connectivity index is 2.28. The molecule has 1 aromatic carbocycles. The minimum atomic E-state index is -1.71. The number of ether oxygens (including phenoxy) is 1. The molecule has 1 saturated carbocycles. The molecule has 5 nitrogen and oxygen atoms in total. The number of nitrogens with zero attached hydrogens (tertiary/aromatic N) is 3. The molecular formula is C26H30N4O. The van der Waals surface area contributed by atoms with Crippen LogP contribution in [0.1, 0.15) is 58.9 Å². The molecule has 2 aliphatic rings. The Labute approximate surface area is 185 Å². The Morgan fingerprint density at radius 1 is 1.13 bits per heavy atom. The maximum Gasteiger partial charge on any atom is 0.189 e. The summed E-state index contributed by atoms with van der Waals surface area (Å²) >= 11 is 0. The zero-order valence-corrected chi connectivity index (χ0v) is 18.9. The van der Waals surface area contributed by atoms with Crippen LogP contribution >= 0.6 is 0 Å². The third-order valence-electron chi connectivity index (χ3n) is 6.84. The van der Waals surface area contributed by atoms with Crippen LogP contribution in [-0.4, -0.2) is 11.8 Å². The van der Waals surface area contributed by atoms with E-state index in [-0.39, 0.29) is 23.1 Å². The molecule has 0 aliphatic heterocycles. The number of hydrogen-bond acceptors (Lipinski definition) is 5. The predicted octanol–water partition coefficient (Wildman–Crippen LogP) is 5.76. The molecule has 1 fully saturated rings. The molecule has 160 valence electrons. The molecule has 0 amide bonds. The number of nitriles is 3. The Kier molecular flexibility index (Phi) is 5.98. The third kappa shape index (κ3) is 3.73. The van der Waals surface area contributed by atoms with Crippen LogP contribution in [0.4, 0.5) is 0 Å². The first-order valence-electron chi connectivity index (χ1n) is 10.9. The molecule has 0 saturated heterocycles. The summed E-state index contributed by atoms with van der Waals surface area (Å²) in [6.07, 6.45) is 3.64. The highest BCUT2D eigenvalue weighted by molar-refractivity contribution is 6.01. The van der Waals surface area contributed by atoms with Crippen molar-refractivity contribution < 1.29 is 4.74 Å². The number of fused-ring (bicyclic) bond motifs is 1. The van der Waals surface area contributed by atoms with Gasteiger partial charge in [-0.15, -0.1) is 0 Å². The normalized spacial score (nSPS) is 27.3. The van der Waals surface area contributed by atoms with Gasteiger partial charge in [-0.2, -0.15) is 15.8 Å².